The first-order valence-corrected chi connectivity index (χ1v) is 6.05. The van der Waals surface area contributed by atoms with Crippen LogP contribution >= 0.6 is 23.5 Å². The Hall–Kier alpha value is -0.280. The van der Waals surface area contributed by atoms with Crippen molar-refractivity contribution in [3.63, 3.8) is 0 Å². The van der Waals surface area contributed by atoms with Crippen molar-refractivity contribution in [2.45, 2.75) is 9.79 Å². The summed E-state index contributed by atoms with van der Waals surface area (Å²) in [7, 11) is 0. The van der Waals surface area contributed by atoms with Gasteiger partial charge in [0.05, 0.1) is 11.5 Å². The molecule has 0 aliphatic carbocycles. The number of thioether (sulfide) groups is 2. The van der Waals surface area contributed by atoms with Gasteiger partial charge in [-0.25, -0.2) is 0 Å². The Kier molecular flexibility index (Phi) is 2.51. The van der Waals surface area contributed by atoms with Gasteiger partial charge in [0.1, 0.15) is 5.75 Å². The largest absolute Gasteiger partial charge is 0.492 e. The van der Waals surface area contributed by atoms with Crippen molar-refractivity contribution in [2.75, 3.05) is 18.6 Å². The van der Waals surface area contributed by atoms with Crippen LogP contribution in [-0.4, -0.2) is 18.6 Å². The minimum Gasteiger partial charge on any atom is -0.492 e. The zero-order valence-electron chi connectivity index (χ0n) is 6.87. The summed E-state index contributed by atoms with van der Waals surface area (Å²) in [6.07, 6.45) is 2.09. The molecule has 64 valence electrons. The van der Waals surface area contributed by atoms with Gasteiger partial charge in [-0.2, -0.15) is 0 Å². The summed E-state index contributed by atoms with van der Waals surface area (Å²) in [5.41, 5.74) is 0. The number of fused-ring (bicyclic) bond motifs is 1. The lowest BCUT2D eigenvalue weighted by atomic mass is 10.3. The van der Waals surface area contributed by atoms with Crippen LogP contribution in [0.3, 0.4) is 0 Å². The first kappa shape index (κ1) is 8.32. The Balaban J connectivity index is 2.36. The van der Waals surface area contributed by atoms with E-state index in [0.29, 0.717) is 0 Å². The first-order valence-electron chi connectivity index (χ1n) is 3.84. The standard InChI is InChI=1S/C9H10OS2/c1-11-7-2-3-8-9(6-7)12-5-4-10-8/h2-3,6H,4-5H2,1H3. The van der Waals surface area contributed by atoms with Crippen LogP contribution in [0.15, 0.2) is 28.0 Å². The normalized spacial score (nSPS) is 15.1. The van der Waals surface area contributed by atoms with E-state index in [1.807, 2.05) is 11.8 Å². The topological polar surface area (TPSA) is 9.23 Å². The summed E-state index contributed by atoms with van der Waals surface area (Å²) in [4.78, 5) is 2.60. The Morgan fingerprint density at radius 1 is 1.50 bits per heavy atom. The van der Waals surface area contributed by atoms with Crippen LogP contribution < -0.4 is 4.74 Å². The summed E-state index contributed by atoms with van der Waals surface area (Å²) in [6, 6.07) is 6.37. The lowest BCUT2D eigenvalue weighted by molar-refractivity contribution is 0.329. The van der Waals surface area contributed by atoms with Gasteiger partial charge in [-0.3, -0.25) is 0 Å². The van der Waals surface area contributed by atoms with Crippen molar-refractivity contribution in [2.24, 2.45) is 0 Å². The molecule has 0 aromatic heterocycles. The number of hydrogen-bond donors (Lipinski definition) is 0. The molecule has 0 saturated heterocycles. The third kappa shape index (κ3) is 1.57. The van der Waals surface area contributed by atoms with Gasteiger partial charge in [0.25, 0.3) is 0 Å². The SMILES string of the molecule is CSc1ccc2c(c1)SCCO2. The molecule has 1 aromatic carbocycles. The monoisotopic (exact) mass is 198 g/mol. The fraction of sp³-hybridized carbons (Fsp3) is 0.333. The van der Waals surface area contributed by atoms with E-state index in [2.05, 4.69) is 24.5 Å². The summed E-state index contributed by atoms with van der Waals surface area (Å²) < 4.78 is 5.49. The molecule has 2 rings (SSSR count). The number of rotatable bonds is 1. The van der Waals surface area contributed by atoms with Crippen LogP contribution in [0.5, 0.6) is 5.75 Å². The molecule has 1 aromatic rings. The van der Waals surface area contributed by atoms with E-state index in [1.165, 1.54) is 9.79 Å². The zero-order chi connectivity index (χ0) is 8.39. The highest BCUT2D eigenvalue weighted by Gasteiger charge is 2.10. The van der Waals surface area contributed by atoms with Crippen molar-refractivity contribution in [1.29, 1.82) is 0 Å². The van der Waals surface area contributed by atoms with Crippen molar-refractivity contribution in [3.8, 4) is 5.75 Å². The van der Waals surface area contributed by atoms with Crippen molar-refractivity contribution in [1.82, 2.24) is 0 Å². The van der Waals surface area contributed by atoms with Gasteiger partial charge in [0.15, 0.2) is 0 Å². The van der Waals surface area contributed by atoms with Crippen LogP contribution in [0.25, 0.3) is 0 Å². The number of benzene rings is 1. The van der Waals surface area contributed by atoms with Gasteiger partial charge < -0.3 is 4.74 Å². The van der Waals surface area contributed by atoms with Gasteiger partial charge in [0, 0.05) is 10.6 Å². The van der Waals surface area contributed by atoms with Crippen LogP contribution in [0, 0.1) is 0 Å². The second-order valence-corrected chi connectivity index (χ2v) is 4.53. The number of ether oxygens (including phenoxy) is 1. The maximum atomic E-state index is 5.49. The van der Waals surface area contributed by atoms with Crippen molar-refractivity contribution in [3.05, 3.63) is 18.2 Å². The lowest BCUT2D eigenvalue weighted by Gasteiger charge is -2.16. The molecular weight excluding hydrogens is 188 g/mol. The second-order valence-electron chi connectivity index (χ2n) is 2.51. The van der Waals surface area contributed by atoms with Crippen LogP contribution in [0.2, 0.25) is 0 Å². The predicted octanol–water partition coefficient (Wildman–Crippen LogP) is 2.89. The third-order valence-corrected chi connectivity index (χ3v) is 3.48. The Labute approximate surface area is 80.9 Å². The van der Waals surface area contributed by atoms with E-state index >= 15 is 0 Å². The molecule has 0 spiro atoms. The van der Waals surface area contributed by atoms with E-state index in [1.54, 1.807) is 11.8 Å². The summed E-state index contributed by atoms with van der Waals surface area (Å²) in [5.74, 6) is 2.12. The fourth-order valence-electron chi connectivity index (χ4n) is 1.15. The molecule has 0 N–H and O–H groups in total. The molecule has 0 saturated carbocycles. The molecule has 12 heavy (non-hydrogen) atoms. The average molecular weight is 198 g/mol. The molecule has 3 heteroatoms. The van der Waals surface area contributed by atoms with E-state index in [9.17, 15) is 0 Å². The highest BCUT2D eigenvalue weighted by molar-refractivity contribution is 7.99. The predicted molar refractivity (Wildman–Crippen MR) is 54.4 cm³/mol. The maximum Gasteiger partial charge on any atom is 0.132 e. The molecule has 1 nitrogen and oxygen atoms in total. The van der Waals surface area contributed by atoms with Crippen LogP contribution in [0.4, 0.5) is 0 Å². The summed E-state index contributed by atoms with van der Waals surface area (Å²) >= 11 is 3.65. The van der Waals surface area contributed by atoms with Crippen molar-refractivity contribution >= 4 is 23.5 Å². The minimum atomic E-state index is 0.844. The van der Waals surface area contributed by atoms with Gasteiger partial charge >= 0.3 is 0 Å². The zero-order valence-corrected chi connectivity index (χ0v) is 8.50. The lowest BCUT2D eigenvalue weighted by Crippen LogP contribution is -2.06. The van der Waals surface area contributed by atoms with Gasteiger partial charge in [0.2, 0.25) is 0 Å². The van der Waals surface area contributed by atoms with Crippen LogP contribution in [-0.2, 0) is 0 Å². The minimum absolute atomic E-state index is 0.844. The molecule has 0 unspecified atom stereocenters. The molecule has 0 fully saturated rings. The number of hydrogen-bond acceptors (Lipinski definition) is 3. The summed E-state index contributed by atoms with van der Waals surface area (Å²) in [6.45, 7) is 0.844. The first-order chi connectivity index (χ1) is 5.90. The molecule has 0 atom stereocenters. The fourth-order valence-corrected chi connectivity index (χ4v) is 2.53. The maximum absolute atomic E-state index is 5.49. The Morgan fingerprint density at radius 2 is 2.42 bits per heavy atom. The van der Waals surface area contributed by atoms with E-state index in [0.717, 1.165) is 18.1 Å². The highest BCUT2D eigenvalue weighted by atomic mass is 32.2. The molecule has 1 aliphatic rings. The molecular formula is C9H10OS2. The van der Waals surface area contributed by atoms with E-state index in [-0.39, 0.29) is 0 Å². The van der Waals surface area contributed by atoms with E-state index in [4.69, 9.17) is 4.74 Å². The molecule has 0 bridgehead atoms. The van der Waals surface area contributed by atoms with Gasteiger partial charge in [-0.05, 0) is 24.5 Å². The molecule has 0 amide bonds. The third-order valence-electron chi connectivity index (χ3n) is 1.75. The van der Waals surface area contributed by atoms with Gasteiger partial charge in [-0.1, -0.05) is 0 Å². The van der Waals surface area contributed by atoms with Gasteiger partial charge in [-0.15, -0.1) is 23.5 Å². The quantitative estimate of drug-likeness (QED) is 0.642. The Bertz CT molecular complexity index is 286. The molecule has 1 heterocycles. The second kappa shape index (κ2) is 3.62. The average Bonchev–Trinajstić information content (AvgIpc) is 2.17. The highest BCUT2D eigenvalue weighted by Crippen LogP contribution is 2.35. The van der Waals surface area contributed by atoms with Crippen molar-refractivity contribution < 1.29 is 4.74 Å². The molecule has 0 radical (unpaired) electrons. The smallest absolute Gasteiger partial charge is 0.132 e. The van der Waals surface area contributed by atoms with E-state index < -0.39 is 0 Å². The Morgan fingerprint density at radius 3 is 3.25 bits per heavy atom. The summed E-state index contributed by atoms with van der Waals surface area (Å²) in [5, 5.41) is 0. The van der Waals surface area contributed by atoms with Crippen LogP contribution in [0.1, 0.15) is 0 Å². The molecule has 1 aliphatic heterocycles.